The molecule has 0 aliphatic rings. The number of hydrogen-bond donors (Lipinski definition) is 1. The van der Waals surface area contributed by atoms with Crippen LogP contribution in [0.3, 0.4) is 0 Å². The first-order chi connectivity index (χ1) is 17.7. The minimum atomic E-state index is -4.04. The molecule has 0 heterocycles. The van der Waals surface area contributed by atoms with Crippen LogP contribution in [-0.2, 0) is 14.8 Å². The number of benzene rings is 3. The molecule has 10 heteroatoms. The van der Waals surface area contributed by atoms with Crippen molar-refractivity contribution in [2.75, 3.05) is 24.1 Å². The van der Waals surface area contributed by atoms with Gasteiger partial charge < -0.3 is 9.47 Å². The lowest BCUT2D eigenvalue weighted by molar-refractivity contribution is -0.119. The summed E-state index contributed by atoms with van der Waals surface area (Å²) in [5.74, 6) is 0.457. The lowest BCUT2D eigenvalue weighted by Crippen LogP contribution is -2.39. The van der Waals surface area contributed by atoms with Crippen LogP contribution in [0.4, 0.5) is 5.69 Å². The highest BCUT2D eigenvalue weighted by Gasteiger charge is 2.27. The molecule has 0 fully saturated rings. The Morgan fingerprint density at radius 3 is 2.41 bits per heavy atom. The number of nitrogens with zero attached hydrogens (tertiary/aromatic N) is 2. The van der Waals surface area contributed by atoms with Gasteiger partial charge in [-0.25, -0.2) is 13.8 Å². The Morgan fingerprint density at radius 1 is 1.05 bits per heavy atom. The van der Waals surface area contributed by atoms with Gasteiger partial charge in [0.1, 0.15) is 13.2 Å². The molecule has 194 valence electrons. The summed E-state index contributed by atoms with van der Waals surface area (Å²) in [6.07, 6.45) is 3.06. The number of hydrogen-bond acceptors (Lipinski definition) is 6. The van der Waals surface area contributed by atoms with E-state index in [2.05, 4.69) is 17.1 Å². The first kappa shape index (κ1) is 27.8. The van der Waals surface area contributed by atoms with Crippen LogP contribution in [0.2, 0.25) is 5.02 Å². The second kappa shape index (κ2) is 12.9. The van der Waals surface area contributed by atoms with E-state index in [0.717, 1.165) is 9.87 Å². The molecule has 1 amide bonds. The fourth-order valence-electron chi connectivity index (χ4n) is 3.25. The summed E-state index contributed by atoms with van der Waals surface area (Å²) in [4.78, 5) is 12.8. The van der Waals surface area contributed by atoms with Crippen LogP contribution in [0.25, 0.3) is 0 Å². The van der Waals surface area contributed by atoms with E-state index in [4.69, 9.17) is 21.1 Å². The molecule has 0 bridgehead atoms. The number of amides is 1. The zero-order valence-corrected chi connectivity index (χ0v) is 22.1. The fourth-order valence-corrected chi connectivity index (χ4v) is 4.79. The summed E-state index contributed by atoms with van der Waals surface area (Å²) in [5, 5.41) is 4.42. The highest BCUT2D eigenvalue weighted by molar-refractivity contribution is 7.92. The van der Waals surface area contributed by atoms with Crippen molar-refractivity contribution in [3.8, 4) is 11.5 Å². The van der Waals surface area contributed by atoms with Gasteiger partial charge in [-0.1, -0.05) is 42.0 Å². The van der Waals surface area contributed by atoms with E-state index in [-0.39, 0.29) is 4.90 Å². The van der Waals surface area contributed by atoms with Gasteiger partial charge in [0.25, 0.3) is 15.9 Å². The molecule has 3 rings (SSSR count). The molecule has 3 aromatic rings. The number of carbonyl (C=O) groups is 1. The third kappa shape index (κ3) is 7.58. The van der Waals surface area contributed by atoms with Crippen molar-refractivity contribution in [2.24, 2.45) is 5.10 Å². The third-order valence-corrected chi connectivity index (χ3v) is 7.08. The normalized spacial score (nSPS) is 11.2. The van der Waals surface area contributed by atoms with Gasteiger partial charge in [-0.2, -0.15) is 5.10 Å². The average Bonchev–Trinajstić information content (AvgIpc) is 2.88. The number of ether oxygens (including phenoxy) is 2. The van der Waals surface area contributed by atoms with Crippen molar-refractivity contribution in [1.82, 2.24) is 5.43 Å². The topological polar surface area (TPSA) is 97.3 Å². The predicted octanol–water partition coefficient (Wildman–Crippen LogP) is 4.96. The Kier molecular flexibility index (Phi) is 9.71. The van der Waals surface area contributed by atoms with Crippen molar-refractivity contribution in [2.45, 2.75) is 18.7 Å². The number of nitrogens with one attached hydrogen (secondary N) is 1. The summed E-state index contributed by atoms with van der Waals surface area (Å²) in [6, 6.07) is 17.8. The van der Waals surface area contributed by atoms with E-state index in [0.29, 0.717) is 41.0 Å². The Balaban J connectivity index is 1.78. The van der Waals surface area contributed by atoms with Gasteiger partial charge in [0.2, 0.25) is 0 Å². The van der Waals surface area contributed by atoms with E-state index >= 15 is 0 Å². The van der Waals surface area contributed by atoms with Crippen molar-refractivity contribution in [3.63, 3.8) is 0 Å². The molecule has 1 N–H and O–H groups in total. The number of anilines is 1. The van der Waals surface area contributed by atoms with E-state index in [1.165, 1.54) is 30.5 Å². The molecule has 37 heavy (non-hydrogen) atoms. The molecule has 0 spiro atoms. The number of aryl methyl sites for hydroxylation is 1. The molecular weight excluding hydrogens is 514 g/mol. The summed E-state index contributed by atoms with van der Waals surface area (Å²) in [7, 11) is -4.04. The summed E-state index contributed by atoms with van der Waals surface area (Å²) in [5.41, 5.74) is 4.24. The van der Waals surface area contributed by atoms with E-state index in [1.807, 2.05) is 13.8 Å². The van der Waals surface area contributed by atoms with Crippen molar-refractivity contribution in [1.29, 1.82) is 0 Å². The molecule has 0 aromatic heterocycles. The number of hydrazone groups is 1. The maximum absolute atomic E-state index is 13.4. The van der Waals surface area contributed by atoms with Crippen LogP contribution in [0, 0.1) is 6.92 Å². The van der Waals surface area contributed by atoms with Crippen molar-refractivity contribution < 1.29 is 22.7 Å². The predicted molar refractivity (Wildman–Crippen MR) is 146 cm³/mol. The quantitative estimate of drug-likeness (QED) is 0.199. The van der Waals surface area contributed by atoms with Crippen LogP contribution in [0.15, 0.2) is 89.4 Å². The van der Waals surface area contributed by atoms with E-state index in [9.17, 15) is 13.2 Å². The van der Waals surface area contributed by atoms with Gasteiger partial charge in [-0.15, -0.1) is 0 Å². The lowest BCUT2D eigenvalue weighted by atomic mass is 10.2. The largest absolute Gasteiger partial charge is 0.490 e. The first-order valence-corrected chi connectivity index (χ1v) is 13.2. The number of rotatable bonds is 12. The zero-order valence-electron chi connectivity index (χ0n) is 20.6. The smallest absolute Gasteiger partial charge is 0.264 e. The van der Waals surface area contributed by atoms with E-state index in [1.54, 1.807) is 48.5 Å². The molecule has 0 saturated heterocycles. The molecule has 0 radical (unpaired) electrons. The number of halogens is 1. The van der Waals surface area contributed by atoms with Gasteiger partial charge in [0, 0.05) is 5.02 Å². The molecular formula is C27H28ClN3O5S. The van der Waals surface area contributed by atoms with Crippen LogP contribution in [-0.4, -0.2) is 40.3 Å². The van der Waals surface area contributed by atoms with Gasteiger partial charge >= 0.3 is 0 Å². The minimum Gasteiger partial charge on any atom is -0.490 e. The highest BCUT2D eigenvalue weighted by atomic mass is 35.5. The highest BCUT2D eigenvalue weighted by Crippen LogP contribution is 2.28. The summed E-state index contributed by atoms with van der Waals surface area (Å²) < 4.78 is 39.0. The Bertz CT molecular complexity index is 1360. The van der Waals surface area contributed by atoms with Gasteiger partial charge in [0.05, 0.1) is 23.4 Å². The van der Waals surface area contributed by atoms with Crippen LogP contribution in [0.1, 0.15) is 18.1 Å². The standard InChI is InChI=1S/C27H28ClN3O5S/c1-4-16-36-25-15-8-21(17-26(25)35-5-2)18-29-30-27(32)19-31(23-11-9-22(28)10-12-23)37(33,34)24-13-6-20(3)7-14-24/h4,6-15,17-18H,1,5,16,19H2,2-3H3,(H,30,32)/b29-18-. The van der Waals surface area contributed by atoms with Crippen molar-refractivity contribution in [3.05, 3.63) is 95.5 Å². The van der Waals surface area contributed by atoms with E-state index < -0.39 is 22.5 Å². The third-order valence-electron chi connectivity index (χ3n) is 5.04. The second-order valence-electron chi connectivity index (χ2n) is 7.83. The maximum Gasteiger partial charge on any atom is 0.264 e. The van der Waals surface area contributed by atoms with Gasteiger partial charge in [-0.05, 0) is 74.0 Å². The SMILES string of the molecule is C=CCOc1ccc(/C=N\NC(=O)CN(c2ccc(Cl)cc2)S(=O)(=O)c2ccc(C)cc2)cc1OCC. The average molecular weight is 542 g/mol. The molecule has 8 nitrogen and oxygen atoms in total. The zero-order chi connectivity index (χ0) is 26.8. The molecule has 3 aromatic carbocycles. The second-order valence-corrected chi connectivity index (χ2v) is 10.1. The minimum absolute atomic E-state index is 0.0616. The maximum atomic E-state index is 13.4. The molecule has 0 saturated carbocycles. The first-order valence-electron chi connectivity index (χ1n) is 11.4. The van der Waals surface area contributed by atoms with Crippen molar-refractivity contribution >= 4 is 39.4 Å². The Hall–Kier alpha value is -3.82. The van der Waals surface area contributed by atoms with Gasteiger partial charge in [0.15, 0.2) is 11.5 Å². The van der Waals surface area contributed by atoms with Crippen LogP contribution in [0.5, 0.6) is 11.5 Å². The monoisotopic (exact) mass is 541 g/mol. The summed E-state index contributed by atoms with van der Waals surface area (Å²) >= 11 is 5.98. The summed E-state index contributed by atoms with van der Waals surface area (Å²) in [6.45, 7) is 7.63. The molecule has 0 aliphatic carbocycles. The lowest BCUT2D eigenvalue weighted by Gasteiger charge is -2.23. The number of sulfonamides is 1. The Labute approximate surface area is 222 Å². The van der Waals surface area contributed by atoms with Crippen LogP contribution < -0.4 is 19.2 Å². The molecule has 0 unspecified atom stereocenters. The number of carbonyl (C=O) groups excluding carboxylic acids is 1. The van der Waals surface area contributed by atoms with Gasteiger partial charge in [-0.3, -0.25) is 9.10 Å². The van der Waals surface area contributed by atoms with Crippen LogP contribution >= 0.6 is 11.6 Å². The Morgan fingerprint density at radius 2 is 1.76 bits per heavy atom. The molecule has 0 aliphatic heterocycles. The molecule has 0 atom stereocenters. The fraction of sp³-hybridized carbons (Fsp3) is 0.185.